The standard InChI is InChI=1S/C24H22N4O5/c1-15-6-8-16(9-7-15)22-26-23(33-27-22)18-5-4-12-28(24(18)30)14-21(29)25-19-13-17(31-2)10-11-20(19)32-3/h4-13H,14H2,1-3H3,(H,25,29). The third-order valence-corrected chi connectivity index (χ3v) is 4.98. The molecule has 0 spiro atoms. The van der Waals surface area contributed by atoms with Crippen molar-refractivity contribution in [2.75, 3.05) is 19.5 Å². The Labute approximate surface area is 189 Å². The van der Waals surface area contributed by atoms with Crippen LogP contribution in [0.4, 0.5) is 5.69 Å². The minimum atomic E-state index is -0.427. The van der Waals surface area contributed by atoms with E-state index < -0.39 is 11.5 Å². The molecular formula is C24H22N4O5. The van der Waals surface area contributed by atoms with E-state index in [1.54, 1.807) is 30.3 Å². The Hall–Kier alpha value is -4.40. The lowest BCUT2D eigenvalue weighted by Crippen LogP contribution is -2.28. The first-order valence-corrected chi connectivity index (χ1v) is 10.1. The van der Waals surface area contributed by atoms with Gasteiger partial charge in [-0.25, -0.2) is 0 Å². The highest BCUT2D eigenvalue weighted by Gasteiger charge is 2.16. The van der Waals surface area contributed by atoms with Gasteiger partial charge in [-0.1, -0.05) is 35.0 Å². The first-order valence-electron chi connectivity index (χ1n) is 10.1. The van der Waals surface area contributed by atoms with Gasteiger partial charge in [-0.3, -0.25) is 9.59 Å². The van der Waals surface area contributed by atoms with E-state index in [1.165, 1.54) is 25.0 Å². The molecule has 4 aromatic rings. The Bertz CT molecular complexity index is 1340. The predicted octanol–water partition coefficient (Wildman–Crippen LogP) is 3.53. The summed E-state index contributed by atoms with van der Waals surface area (Å²) in [6, 6.07) is 15.9. The van der Waals surface area contributed by atoms with E-state index in [9.17, 15) is 9.59 Å². The Morgan fingerprint density at radius 2 is 1.88 bits per heavy atom. The fraction of sp³-hybridized carbons (Fsp3) is 0.167. The van der Waals surface area contributed by atoms with Crippen molar-refractivity contribution in [3.05, 3.63) is 76.7 Å². The smallest absolute Gasteiger partial charge is 0.263 e. The molecule has 9 heteroatoms. The molecule has 9 nitrogen and oxygen atoms in total. The van der Waals surface area contributed by atoms with Crippen LogP contribution in [0.5, 0.6) is 11.5 Å². The first kappa shape index (κ1) is 21.8. The number of pyridine rings is 1. The minimum absolute atomic E-state index is 0.0831. The second-order valence-electron chi connectivity index (χ2n) is 7.26. The number of carbonyl (C=O) groups is 1. The predicted molar refractivity (Wildman–Crippen MR) is 122 cm³/mol. The van der Waals surface area contributed by atoms with Crippen LogP contribution in [0.2, 0.25) is 0 Å². The highest BCUT2D eigenvalue weighted by molar-refractivity contribution is 5.92. The van der Waals surface area contributed by atoms with Crippen LogP contribution in [-0.2, 0) is 11.3 Å². The van der Waals surface area contributed by atoms with Gasteiger partial charge in [0.2, 0.25) is 11.7 Å². The largest absolute Gasteiger partial charge is 0.497 e. The van der Waals surface area contributed by atoms with Crippen LogP contribution in [-0.4, -0.2) is 34.8 Å². The van der Waals surface area contributed by atoms with Crippen LogP contribution in [0.15, 0.2) is 70.1 Å². The number of aryl methyl sites for hydroxylation is 1. The van der Waals surface area contributed by atoms with E-state index in [0.717, 1.165) is 11.1 Å². The maximum absolute atomic E-state index is 13.0. The van der Waals surface area contributed by atoms with Crippen molar-refractivity contribution >= 4 is 11.6 Å². The molecule has 2 aromatic carbocycles. The van der Waals surface area contributed by atoms with Gasteiger partial charge in [-0.2, -0.15) is 4.98 Å². The maximum atomic E-state index is 13.0. The van der Waals surface area contributed by atoms with Crippen LogP contribution in [0.1, 0.15) is 5.56 Å². The van der Waals surface area contributed by atoms with Gasteiger partial charge in [-0.05, 0) is 31.2 Å². The molecule has 168 valence electrons. The van der Waals surface area contributed by atoms with Crippen LogP contribution in [0, 0.1) is 6.92 Å². The van der Waals surface area contributed by atoms with Crippen molar-refractivity contribution in [1.82, 2.24) is 14.7 Å². The summed E-state index contributed by atoms with van der Waals surface area (Å²) in [7, 11) is 3.03. The number of benzene rings is 2. The first-order chi connectivity index (χ1) is 16.0. The molecule has 0 unspecified atom stereocenters. The second kappa shape index (κ2) is 9.39. The Morgan fingerprint density at radius 1 is 1.09 bits per heavy atom. The molecule has 0 aliphatic carbocycles. The van der Waals surface area contributed by atoms with Crippen LogP contribution >= 0.6 is 0 Å². The number of carbonyl (C=O) groups excluding carboxylic acids is 1. The van der Waals surface area contributed by atoms with E-state index >= 15 is 0 Å². The zero-order chi connectivity index (χ0) is 23.4. The van der Waals surface area contributed by atoms with E-state index in [1.807, 2.05) is 31.2 Å². The molecule has 0 aliphatic heterocycles. The summed E-state index contributed by atoms with van der Waals surface area (Å²) < 4.78 is 17.1. The third-order valence-electron chi connectivity index (χ3n) is 4.98. The summed E-state index contributed by atoms with van der Waals surface area (Å²) in [6.45, 7) is 1.77. The molecule has 0 bridgehead atoms. The van der Waals surface area contributed by atoms with Crippen molar-refractivity contribution < 1.29 is 18.8 Å². The summed E-state index contributed by atoms with van der Waals surface area (Å²) in [6.07, 6.45) is 1.52. The Balaban J connectivity index is 1.55. The van der Waals surface area contributed by atoms with E-state index in [0.29, 0.717) is 23.0 Å². The van der Waals surface area contributed by atoms with Gasteiger partial charge in [-0.15, -0.1) is 0 Å². The number of hydrogen-bond acceptors (Lipinski definition) is 7. The van der Waals surface area contributed by atoms with E-state index in [-0.39, 0.29) is 18.0 Å². The topological polar surface area (TPSA) is 108 Å². The number of methoxy groups -OCH3 is 2. The molecule has 0 aliphatic rings. The van der Waals surface area contributed by atoms with Gasteiger partial charge in [0.15, 0.2) is 0 Å². The lowest BCUT2D eigenvalue weighted by Gasteiger charge is -2.12. The quantitative estimate of drug-likeness (QED) is 0.463. The summed E-state index contributed by atoms with van der Waals surface area (Å²) in [5.41, 5.74) is 2.10. The number of nitrogens with one attached hydrogen (secondary N) is 1. The summed E-state index contributed by atoms with van der Waals surface area (Å²) in [4.78, 5) is 30.0. The number of rotatable bonds is 7. The van der Waals surface area contributed by atoms with Gasteiger partial charge in [0.05, 0.1) is 19.9 Å². The van der Waals surface area contributed by atoms with E-state index in [2.05, 4.69) is 15.5 Å². The van der Waals surface area contributed by atoms with Crippen LogP contribution in [0.3, 0.4) is 0 Å². The third kappa shape index (κ3) is 4.77. The lowest BCUT2D eigenvalue weighted by atomic mass is 10.1. The van der Waals surface area contributed by atoms with Gasteiger partial charge >= 0.3 is 0 Å². The van der Waals surface area contributed by atoms with Gasteiger partial charge in [0.25, 0.3) is 11.4 Å². The summed E-state index contributed by atoms with van der Waals surface area (Å²) in [5.74, 6) is 1.08. The second-order valence-corrected chi connectivity index (χ2v) is 7.26. The lowest BCUT2D eigenvalue weighted by molar-refractivity contribution is -0.116. The van der Waals surface area contributed by atoms with Gasteiger partial charge in [0.1, 0.15) is 23.6 Å². The number of anilines is 1. The van der Waals surface area contributed by atoms with Crippen LogP contribution < -0.4 is 20.3 Å². The average Bonchev–Trinajstić information content (AvgIpc) is 3.31. The number of ether oxygens (including phenoxy) is 2. The van der Waals surface area contributed by atoms with Crippen LogP contribution in [0.25, 0.3) is 22.8 Å². The molecular weight excluding hydrogens is 424 g/mol. The summed E-state index contributed by atoms with van der Waals surface area (Å²) >= 11 is 0. The van der Waals surface area contributed by atoms with Crippen molar-refractivity contribution in [3.8, 4) is 34.3 Å². The van der Waals surface area contributed by atoms with Gasteiger partial charge in [0, 0.05) is 17.8 Å². The van der Waals surface area contributed by atoms with Crippen molar-refractivity contribution in [3.63, 3.8) is 0 Å². The molecule has 4 rings (SSSR count). The molecule has 0 atom stereocenters. The number of hydrogen-bond donors (Lipinski definition) is 1. The van der Waals surface area contributed by atoms with Crippen molar-refractivity contribution in [2.45, 2.75) is 13.5 Å². The monoisotopic (exact) mass is 446 g/mol. The fourth-order valence-electron chi connectivity index (χ4n) is 3.23. The SMILES string of the molecule is COc1ccc(OC)c(NC(=O)Cn2cccc(-c3nc(-c4ccc(C)cc4)no3)c2=O)c1. The normalized spacial score (nSPS) is 10.6. The summed E-state index contributed by atoms with van der Waals surface area (Å²) in [5, 5.41) is 6.72. The molecule has 1 amide bonds. The highest BCUT2D eigenvalue weighted by atomic mass is 16.5. The molecule has 2 aromatic heterocycles. The number of amides is 1. The molecule has 0 fully saturated rings. The fourth-order valence-corrected chi connectivity index (χ4v) is 3.23. The van der Waals surface area contributed by atoms with E-state index in [4.69, 9.17) is 14.0 Å². The van der Waals surface area contributed by atoms with Crippen molar-refractivity contribution in [1.29, 1.82) is 0 Å². The minimum Gasteiger partial charge on any atom is -0.497 e. The Morgan fingerprint density at radius 3 is 2.61 bits per heavy atom. The zero-order valence-corrected chi connectivity index (χ0v) is 18.4. The molecule has 0 radical (unpaired) electrons. The highest BCUT2D eigenvalue weighted by Crippen LogP contribution is 2.29. The molecule has 0 saturated heterocycles. The maximum Gasteiger partial charge on any atom is 0.263 e. The van der Waals surface area contributed by atoms with Crippen molar-refractivity contribution in [2.24, 2.45) is 0 Å². The molecule has 1 N–H and O–H groups in total. The Kier molecular flexibility index (Phi) is 6.21. The molecule has 0 saturated carbocycles. The molecule has 2 heterocycles. The number of aromatic nitrogens is 3. The number of nitrogens with zero attached hydrogens (tertiary/aromatic N) is 3. The zero-order valence-electron chi connectivity index (χ0n) is 18.4. The molecule has 33 heavy (non-hydrogen) atoms. The van der Waals surface area contributed by atoms with Gasteiger partial charge < -0.3 is 23.9 Å². The average molecular weight is 446 g/mol.